The minimum atomic E-state index is -0.0483. The summed E-state index contributed by atoms with van der Waals surface area (Å²) in [6, 6.07) is 12.7. The molecule has 1 aromatic heterocycles. The van der Waals surface area contributed by atoms with Crippen LogP contribution in [0.5, 0.6) is 0 Å². The summed E-state index contributed by atoms with van der Waals surface area (Å²) in [7, 11) is 0. The SMILES string of the molecule is N#Cc1cc(C(=O)c2ccccc2)sc1Br. The van der Waals surface area contributed by atoms with Crippen molar-refractivity contribution in [2.24, 2.45) is 0 Å². The lowest BCUT2D eigenvalue weighted by atomic mass is 10.1. The minimum absolute atomic E-state index is 0.0483. The van der Waals surface area contributed by atoms with Crippen LogP contribution < -0.4 is 0 Å². The molecule has 2 rings (SSSR count). The molecule has 0 N–H and O–H groups in total. The maximum Gasteiger partial charge on any atom is 0.203 e. The largest absolute Gasteiger partial charge is 0.288 e. The molecule has 0 amide bonds. The summed E-state index contributed by atoms with van der Waals surface area (Å²) < 4.78 is 0.703. The van der Waals surface area contributed by atoms with Crippen LogP contribution in [-0.4, -0.2) is 5.78 Å². The first-order chi connectivity index (χ1) is 7.72. The fourth-order valence-corrected chi connectivity index (χ4v) is 2.81. The van der Waals surface area contributed by atoms with Gasteiger partial charge < -0.3 is 0 Å². The highest BCUT2D eigenvalue weighted by molar-refractivity contribution is 9.11. The number of ketones is 1. The van der Waals surface area contributed by atoms with E-state index >= 15 is 0 Å². The van der Waals surface area contributed by atoms with Gasteiger partial charge in [-0.25, -0.2) is 0 Å². The monoisotopic (exact) mass is 291 g/mol. The molecule has 0 spiro atoms. The molecule has 78 valence electrons. The molecular formula is C12H6BrNOS. The van der Waals surface area contributed by atoms with E-state index in [1.54, 1.807) is 18.2 Å². The molecule has 0 bridgehead atoms. The minimum Gasteiger partial charge on any atom is -0.288 e. The van der Waals surface area contributed by atoms with Gasteiger partial charge in [-0.15, -0.1) is 11.3 Å². The molecule has 16 heavy (non-hydrogen) atoms. The predicted molar refractivity (Wildman–Crippen MR) is 66.6 cm³/mol. The van der Waals surface area contributed by atoms with Crippen molar-refractivity contribution in [3.63, 3.8) is 0 Å². The van der Waals surface area contributed by atoms with Gasteiger partial charge in [-0.2, -0.15) is 5.26 Å². The smallest absolute Gasteiger partial charge is 0.203 e. The molecule has 0 aliphatic rings. The van der Waals surface area contributed by atoms with Crippen molar-refractivity contribution in [1.29, 1.82) is 5.26 Å². The second kappa shape index (κ2) is 4.60. The molecule has 4 heteroatoms. The van der Waals surface area contributed by atoms with Gasteiger partial charge >= 0.3 is 0 Å². The Balaban J connectivity index is 2.39. The number of hydrogen-bond donors (Lipinski definition) is 0. The number of carbonyl (C=O) groups is 1. The summed E-state index contributed by atoms with van der Waals surface area (Å²) >= 11 is 4.55. The normalized spacial score (nSPS) is 9.75. The van der Waals surface area contributed by atoms with Gasteiger partial charge in [-0.05, 0) is 22.0 Å². The average Bonchev–Trinajstić information content (AvgIpc) is 2.71. The first-order valence-electron chi connectivity index (χ1n) is 4.51. The number of benzene rings is 1. The molecule has 0 aliphatic carbocycles. The Morgan fingerprint density at radius 1 is 1.31 bits per heavy atom. The Hall–Kier alpha value is -1.44. The zero-order valence-corrected chi connectivity index (χ0v) is 10.5. The van der Waals surface area contributed by atoms with E-state index < -0.39 is 0 Å². The zero-order chi connectivity index (χ0) is 11.5. The van der Waals surface area contributed by atoms with Crippen molar-refractivity contribution < 1.29 is 4.79 Å². The van der Waals surface area contributed by atoms with Crippen molar-refractivity contribution >= 4 is 33.0 Å². The number of carbonyl (C=O) groups excluding carboxylic acids is 1. The van der Waals surface area contributed by atoms with E-state index in [1.165, 1.54) is 11.3 Å². The van der Waals surface area contributed by atoms with Crippen LogP contribution in [0.2, 0.25) is 0 Å². The Morgan fingerprint density at radius 3 is 2.56 bits per heavy atom. The number of thiophene rings is 1. The standard InChI is InChI=1S/C12H6BrNOS/c13-12-9(7-14)6-10(16-12)11(15)8-4-2-1-3-5-8/h1-6H. The van der Waals surface area contributed by atoms with Gasteiger partial charge in [0.05, 0.1) is 14.2 Å². The number of nitriles is 1. The summed E-state index contributed by atoms with van der Waals surface area (Å²) in [6.07, 6.45) is 0. The molecule has 0 fully saturated rings. The Morgan fingerprint density at radius 2 is 2.00 bits per heavy atom. The third-order valence-corrected chi connectivity index (χ3v) is 3.90. The van der Waals surface area contributed by atoms with Gasteiger partial charge in [-0.1, -0.05) is 30.3 Å². The third kappa shape index (κ3) is 2.06. The van der Waals surface area contributed by atoms with Gasteiger partial charge in [0, 0.05) is 5.56 Å². The van der Waals surface area contributed by atoms with Crippen molar-refractivity contribution in [2.45, 2.75) is 0 Å². The Labute approximate surface area is 105 Å². The summed E-state index contributed by atoms with van der Waals surface area (Å²) in [4.78, 5) is 12.6. The van der Waals surface area contributed by atoms with E-state index in [-0.39, 0.29) is 5.78 Å². The van der Waals surface area contributed by atoms with Crippen LogP contribution in [0, 0.1) is 11.3 Å². The van der Waals surface area contributed by atoms with Crippen LogP contribution in [-0.2, 0) is 0 Å². The first-order valence-corrected chi connectivity index (χ1v) is 6.12. The van der Waals surface area contributed by atoms with Gasteiger partial charge in [0.1, 0.15) is 6.07 Å². The lowest BCUT2D eigenvalue weighted by Gasteiger charge is -1.95. The second-order valence-corrected chi connectivity index (χ2v) is 5.48. The fraction of sp³-hybridized carbons (Fsp3) is 0. The predicted octanol–water partition coefficient (Wildman–Crippen LogP) is 3.61. The highest BCUT2D eigenvalue weighted by atomic mass is 79.9. The lowest BCUT2D eigenvalue weighted by Crippen LogP contribution is -1.97. The van der Waals surface area contributed by atoms with E-state index in [9.17, 15) is 4.79 Å². The summed E-state index contributed by atoms with van der Waals surface area (Å²) in [5.74, 6) is -0.0483. The van der Waals surface area contributed by atoms with E-state index in [2.05, 4.69) is 15.9 Å². The van der Waals surface area contributed by atoms with Crippen LogP contribution in [0.4, 0.5) is 0 Å². The van der Waals surface area contributed by atoms with Crippen molar-refractivity contribution in [2.75, 3.05) is 0 Å². The Bertz CT molecular complexity index is 568. The molecule has 1 heterocycles. The second-order valence-electron chi connectivity index (χ2n) is 3.10. The lowest BCUT2D eigenvalue weighted by molar-refractivity contribution is 0.104. The average molecular weight is 292 g/mol. The van der Waals surface area contributed by atoms with Crippen LogP contribution >= 0.6 is 27.3 Å². The molecule has 2 nitrogen and oxygen atoms in total. The molecule has 0 radical (unpaired) electrons. The highest BCUT2D eigenvalue weighted by Gasteiger charge is 2.14. The molecule has 1 aromatic carbocycles. The van der Waals surface area contributed by atoms with Crippen LogP contribution in [0.3, 0.4) is 0 Å². The van der Waals surface area contributed by atoms with Gasteiger partial charge in [-0.3, -0.25) is 4.79 Å². The third-order valence-electron chi connectivity index (χ3n) is 2.07. The topological polar surface area (TPSA) is 40.9 Å². The molecular weight excluding hydrogens is 286 g/mol. The summed E-state index contributed by atoms with van der Waals surface area (Å²) in [5, 5.41) is 8.80. The molecule has 0 saturated heterocycles. The van der Waals surface area contributed by atoms with E-state index in [4.69, 9.17) is 5.26 Å². The van der Waals surface area contributed by atoms with Crippen molar-refractivity contribution in [3.8, 4) is 6.07 Å². The maximum atomic E-state index is 12.0. The maximum absolute atomic E-state index is 12.0. The number of rotatable bonds is 2. The fourth-order valence-electron chi connectivity index (χ4n) is 1.29. The first kappa shape index (κ1) is 11.1. The van der Waals surface area contributed by atoms with Crippen LogP contribution in [0.1, 0.15) is 20.8 Å². The molecule has 0 saturated carbocycles. The highest BCUT2D eigenvalue weighted by Crippen LogP contribution is 2.29. The number of halogens is 1. The van der Waals surface area contributed by atoms with E-state index in [0.29, 0.717) is 19.8 Å². The van der Waals surface area contributed by atoms with Crippen molar-refractivity contribution in [1.82, 2.24) is 0 Å². The van der Waals surface area contributed by atoms with Gasteiger partial charge in [0.2, 0.25) is 5.78 Å². The van der Waals surface area contributed by atoms with Gasteiger partial charge in [0.15, 0.2) is 0 Å². The van der Waals surface area contributed by atoms with Crippen LogP contribution in [0.15, 0.2) is 40.2 Å². The zero-order valence-electron chi connectivity index (χ0n) is 8.11. The quantitative estimate of drug-likeness (QED) is 0.793. The van der Waals surface area contributed by atoms with Crippen molar-refractivity contribution in [3.05, 3.63) is 56.2 Å². The molecule has 0 atom stereocenters. The summed E-state index contributed by atoms with van der Waals surface area (Å²) in [6.45, 7) is 0. The van der Waals surface area contributed by atoms with E-state index in [1.807, 2.05) is 24.3 Å². The number of hydrogen-bond acceptors (Lipinski definition) is 3. The molecule has 2 aromatic rings. The Kier molecular flexibility index (Phi) is 3.18. The molecule has 0 unspecified atom stereocenters. The molecule has 0 aliphatic heterocycles. The van der Waals surface area contributed by atoms with E-state index in [0.717, 1.165) is 0 Å². The van der Waals surface area contributed by atoms with Crippen LogP contribution in [0.25, 0.3) is 0 Å². The van der Waals surface area contributed by atoms with Gasteiger partial charge in [0.25, 0.3) is 0 Å². The number of nitrogens with zero attached hydrogens (tertiary/aromatic N) is 1. The summed E-state index contributed by atoms with van der Waals surface area (Å²) in [5.41, 5.74) is 1.14.